The van der Waals surface area contributed by atoms with Crippen molar-refractivity contribution in [2.45, 2.75) is 62.9 Å². The molecule has 0 radical (unpaired) electrons. The lowest BCUT2D eigenvalue weighted by molar-refractivity contribution is -0.119. The van der Waals surface area contributed by atoms with Gasteiger partial charge in [0.05, 0.1) is 11.4 Å². The molecule has 1 amide bonds. The summed E-state index contributed by atoms with van der Waals surface area (Å²) in [5.74, 6) is 0.876. The molecule has 2 heterocycles. The summed E-state index contributed by atoms with van der Waals surface area (Å²) in [5, 5.41) is 2.03. The SMILES string of the molecule is Cc1ccc(S(=O)(=O)N[C@H]2CCCc3ccc(N(Cc4nccn4C)C(=O)C[C@@H](C)c4cccs4)cc32)cc1. The number of anilines is 1. The Morgan fingerprint density at radius 3 is 2.69 bits per heavy atom. The van der Waals surface area contributed by atoms with Crippen LogP contribution in [0.3, 0.4) is 0 Å². The lowest BCUT2D eigenvalue weighted by Crippen LogP contribution is -2.34. The van der Waals surface area contributed by atoms with Gasteiger partial charge >= 0.3 is 0 Å². The summed E-state index contributed by atoms with van der Waals surface area (Å²) in [7, 11) is -1.78. The highest BCUT2D eigenvalue weighted by Crippen LogP contribution is 2.35. The predicted molar refractivity (Wildman–Crippen MR) is 155 cm³/mol. The number of benzene rings is 2. The summed E-state index contributed by atoms with van der Waals surface area (Å²) in [6, 6.07) is 16.6. The molecule has 2 atom stereocenters. The van der Waals surface area contributed by atoms with Gasteiger partial charge in [0, 0.05) is 42.5 Å². The highest BCUT2D eigenvalue weighted by molar-refractivity contribution is 7.89. The Labute approximate surface area is 234 Å². The Morgan fingerprint density at radius 1 is 1.21 bits per heavy atom. The number of hydrogen-bond donors (Lipinski definition) is 1. The van der Waals surface area contributed by atoms with Gasteiger partial charge in [0.2, 0.25) is 15.9 Å². The van der Waals surface area contributed by atoms with E-state index in [0.717, 1.165) is 41.0 Å². The van der Waals surface area contributed by atoms with Crippen LogP contribution in [0.4, 0.5) is 5.69 Å². The summed E-state index contributed by atoms with van der Waals surface area (Å²) in [6.07, 6.45) is 6.43. The van der Waals surface area contributed by atoms with Crippen molar-refractivity contribution in [3.8, 4) is 0 Å². The number of carbonyl (C=O) groups excluding carboxylic acids is 1. The molecule has 0 saturated heterocycles. The van der Waals surface area contributed by atoms with Crippen LogP contribution in [0.1, 0.15) is 65.5 Å². The molecule has 0 unspecified atom stereocenters. The Bertz CT molecular complexity index is 1540. The Kier molecular flexibility index (Phi) is 8.02. The second-order valence-electron chi connectivity index (χ2n) is 10.3. The van der Waals surface area contributed by atoms with E-state index in [-0.39, 0.29) is 22.8 Å². The molecule has 204 valence electrons. The Morgan fingerprint density at radius 2 is 2.00 bits per heavy atom. The van der Waals surface area contributed by atoms with Gasteiger partial charge in [-0.05, 0) is 78.9 Å². The van der Waals surface area contributed by atoms with E-state index in [9.17, 15) is 13.2 Å². The molecule has 0 aliphatic heterocycles. The monoisotopic (exact) mass is 562 g/mol. The minimum absolute atomic E-state index is 0.00597. The average molecular weight is 563 g/mol. The minimum atomic E-state index is -3.70. The topological polar surface area (TPSA) is 84.3 Å². The first-order valence-electron chi connectivity index (χ1n) is 13.2. The number of hydrogen-bond acceptors (Lipinski definition) is 5. The van der Waals surface area contributed by atoms with Gasteiger partial charge in [-0.25, -0.2) is 18.1 Å². The summed E-state index contributed by atoms with van der Waals surface area (Å²) in [4.78, 5) is 21.4. The molecule has 0 bridgehead atoms. The molecule has 0 saturated carbocycles. The van der Waals surface area contributed by atoms with Crippen molar-refractivity contribution < 1.29 is 13.2 Å². The number of thiophene rings is 1. The number of nitrogens with zero attached hydrogens (tertiary/aromatic N) is 3. The molecule has 5 rings (SSSR count). The number of amides is 1. The molecule has 0 fully saturated rings. The van der Waals surface area contributed by atoms with Crippen molar-refractivity contribution in [2.24, 2.45) is 7.05 Å². The van der Waals surface area contributed by atoms with E-state index < -0.39 is 10.0 Å². The van der Waals surface area contributed by atoms with Gasteiger partial charge in [0.25, 0.3) is 0 Å². The van der Waals surface area contributed by atoms with Gasteiger partial charge < -0.3 is 9.47 Å². The largest absolute Gasteiger partial charge is 0.337 e. The Hall–Kier alpha value is -3.27. The van der Waals surface area contributed by atoms with Gasteiger partial charge in [0.1, 0.15) is 5.82 Å². The summed E-state index contributed by atoms with van der Waals surface area (Å²) in [5.41, 5.74) is 3.80. The van der Waals surface area contributed by atoms with E-state index in [0.29, 0.717) is 19.4 Å². The fraction of sp³-hybridized carbons (Fsp3) is 0.333. The molecule has 39 heavy (non-hydrogen) atoms. The molecule has 2 aromatic heterocycles. The fourth-order valence-corrected chi connectivity index (χ4v) is 7.14. The van der Waals surface area contributed by atoms with E-state index in [1.54, 1.807) is 46.7 Å². The molecule has 1 aliphatic rings. The van der Waals surface area contributed by atoms with Crippen LogP contribution >= 0.6 is 11.3 Å². The molecule has 1 N–H and O–H groups in total. The quantitative estimate of drug-likeness (QED) is 0.276. The third-order valence-corrected chi connectivity index (χ3v) is 10.0. The second kappa shape index (κ2) is 11.5. The first-order chi connectivity index (χ1) is 18.7. The first-order valence-corrected chi connectivity index (χ1v) is 15.6. The van der Waals surface area contributed by atoms with Crippen molar-refractivity contribution in [1.82, 2.24) is 14.3 Å². The van der Waals surface area contributed by atoms with Crippen molar-refractivity contribution >= 4 is 33.0 Å². The third-order valence-electron chi connectivity index (χ3n) is 7.42. The molecule has 9 heteroatoms. The van der Waals surface area contributed by atoms with Crippen molar-refractivity contribution in [3.63, 3.8) is 0 Å². The number of rotatable bonds is 9. The maximum absolute atomic E-state index is 13.8. The number of sulfonamides is 1. The smallest absolute Gasteiger partial charge is 0.241 e. The minimum Gasteiger partial charge on any atom is -0.337 e. The molecule has 4 aromatic rings. The molecule has 0 spiro atoms. The zero-order chi connectivity index (χ0) is 27.6. The van der Waals surface area contributed by atoms with Gasteiger partial charge in [-0.3, -0.25) is 4.79 Å². The number of carbonyl (C=O) groups is 1. The third kappa shape index (κ3) is 6.16. The van der Waals surface area contributed by atoms with E-state index in [4.69, 9.17) is 0 Å². The van der Waals surface area contributed by atoms with Gasteiger partial charge in [-0.2, -0.15) is 0 Å². The summed E-state index contributed by atoms with van der Waals surface area (Å²) in [6.45, 7) is 4.34. The predicted octanol–water partition coefficient (Wildman–Crippen LogP) is 5.87. The highest BCUT2D eigenvalue weighted by atomic mass is 32.2. The van der Waals surface area contributed by atoms with Crippen LogP contribution in [-0.4, -0.2) is 23.9 Å². The van der Waals surface area contributed by atoms with E-state index in [1.165, 1.54) is 4.88 Å². The average Bonchev–Trinajstić information content (AvgIpc) is 3.59. The van der Waals surface area contributed by atoms with Crippen LogP contribution < -0.4 is 9.62 Å². The molecule has 7 nitrogen and oxygen atoms in total. The van der Waals surface area contributed by atoms with Crippen molar-refractivity contribution in [3.05, 3.63) is 99.8 Å². The van der Waals surface area contributed by atoms with Gasteiger partial charge in [-0.15, -0.1) is 11.3 Å². The van der Waals surface area contributed by atoms with Gasteiger partial charge in [-0.1, -0.05) is 36.8 Å². The maximum atomic E-state index is 13.8. The number of aromatic nitrogens is 2. The summed E-state index contributed by atoms with van der Waals surface area (Å²) >= 11 is 1.66. The lowest BCUT2D eigenvalue weighted by atomic mass is 9.87. The second-order valence-corrected chi connectivity index (χ2v) is 13.0. The molecular formula is C30H34N4O3S2. The number of nitrogens with one attached hydrogen (secondary N) is 1. The van der Waals surface area contributed by atoms with Crippen molar-refractivity contribution in [1.29, 1.82) is 0 Å². The van der Waals surface area contributed by atoms with E-state index in [1.807, 2.05) is 54.4 Å². The standard InChI is InChI=1S/C30H34N4O3S2/c1-21-9-13-25(14-10-21)39(36,37)32-27-7-4-6-23-11-12-24(19-26(23)27)34(20-29-31-15-16-33(29)3)30(35)18-22(2)28-8-5-17-38-28/h5,8-17,19,22,27,32H,4,6-7,18,20H2,1-3H3/t22-,27+/m1/s1. The maximum Gasteiger partial charge on any atom is 0.241 e. The zero-order valence-corrected chi connectivity index (χ0v) is 24.1. The molecule has 1 aliphatic carbocycles. The number of aryl methyl sites for hydroxylation is 3. The van der Waals surface area contributed by atoms with Crippen LogP contribution in [-0.2, 0) is 34.8 Å². The zero-order valence-electron chi connectivity index (χ0n) is 22.5. The van der Waals surface area contributed by atoms with Crippen LogP contribution in [0.15, 0.2) is 77.3 Å². The van der Waals surface area contributed by atoms with Crippen LogP contribution in [0, 0.1) is 6.92 Å². The highest BCUT2D eigenvalue weighted by Gasteiger charge is 2.28. The van der Waals surface area contributed by atoms with Crippen LogP contribution in [0.2, 0.25) is 0 Å². The summed E-state index contributed by atoms with van der Waals surface area (Å²) < 4.78 is 31.3. The van der Waals surface area contributed by atoms with Gasteiger partial charge in [0.15, 0.2) is 0 Å². The Balaban J connectivity index is 1.46. The fourth-order valence-electron chi connectivity index (χ4n) is 5.11. The van der Waals surface area contributed by atoms with Crippen molar-refractivity contribution in [2.75, 3.05) is 4.90 Å². The van der Waals surface area contributed by atoms with E-state index >= 15 is 0 Å². The van der Waals surface area contributed by atoms with Crippen LogP contribution in [0.25, 0.3) is 0 Å². The normalized spacial score (nSPS) is 16.0. The number of imidazole rings is 1. The molecule has 2 aromatic carbocycles. The van der Waals surface area contributed by atoms with E-state index in [2.05, 4.69) is 22.7 Å². The van der Waals surface area contributed by atoms with Crippen LogP contribution in [0.5, 0.6) is 0 Å². The number of fused-ring (bicyclic) bond motifs is 1. The first kappa shape index (κ1) is 27.3. The molecular weight excluding hydrogens is 528 g/mol. The lowest BCUT2D eigenvalue weighted by Gasteiger charge is -2.30.